The van der Waals surface area contributed by atoms with E-state index in [-0.39, 0.29) is 12.7 Å². The molecule has 7 nitrogen and oxygen atoms in total. The highest BCUT2D eigenvalue weighted by Gasteiger charge is 2.53. The first-order valence-electron chi connectivity index (χ1n) is 8.89. The van der Waals surface area contributed by atoms with Crippen LogP contribution in [0, 0.1) is 0 Å². The van der Waals surface area contributed by atoms with Crippen LogP contribution in [0.5, 0.6) is 11.5 Å². The van der Waals surface area contributed by atoms with Gasteiger partial charge in [0.2, 0.25) is 12.7 Å². The Morgan fingerprint density at radius 1 is 1.23 bits per heavy atom. The molecule has 2 heterocycles. The molecule has 1 aliphatic heterocycles. The van der Waals surface area contributed by atoms with E-state index in [0.717, 1.165) is 37.1 Å². The van der Waals surface area contributed by atoms with E-state index in [1.165, 1.54) is 0 Å². The molecule has 1 amide bonds. The molecule has 1 aromatic carbocycles. The van der Waals surface area contributed by atoms with Gasteiger partial charge >= 0.3 is 0 Å². The average Bonchev–Trinajstić information content (AvgIpc) is 3.07. The fourth-order valence-electron chi connectivity index (χ4n) is 3.18. The maximum atomic E-state index is 12.6. The van der Waals surface area contributed by atoms with Gasteiger partial charge in [-0.2, -0.15) is 0 Å². The molecule has 2 aromatic rings. The van der Waals surface area contributed by atoms with Crippen molar-refractivity contribution in [3.8, 4) is 22.8 Å². The van der Waals surface area contributed by atoms with Crippen LogP contribution in [-0.4, -0.2) is 49.9 Å². The number of carbonyl (C=O) groups is 1. The molecule has 138 valence electrons. The van der Waals surface area contributed by atoms with Gasteiger partial charge in [0.05, 0.1) is 11.1 Å². The molecule has 0 bridgehead atoms. The van der Waals surface area contributed by atoms with Crippen molar-refractivity contribution >= 4 is 5.91 Å². The highest BCUT2D eigenvalue weighted by Crippen LogP contribution is 2.48. The van der Waals surface area contributed by atoms with Crippen LogP contribution in [0.1, 0.15) is 25.0 Å². The smallest absolute Gasteiger partial charge is 0.232 e. The van der Waals surface area contributed by atoms with Gasteiger partial charge < -0.3 is 24.2 Å². The highest BCUT2D eigenvalue weighted by molar-refractivity contribution is 5.91. The van der Waals surface area contributed by atoms with Gasteiger partial charge in [0.1, 0.15) is 0 Å². The summed E-state index contributed by atoms with van der Waals surface area (Å²) in [7, 11) is 4.05. The van der Waals surface area contributed by atoms with Gasteiger partial charge in [-0.15, -0.1) is 0 Å². The first-order valence-corrected chi connectivity index (χ1v) is 8.89. The van der Waals surface area contributed by atoms with Crippen molar-refractivity contribution in [1.29, 1.82) is 0 Å². The number of nitrogens with zero attached hydrogens (tertiary/aromatic N) is 2. The Morgan fingerprint density at radius 2 is 2.04 bits per heavy atom. The van der Waals surface area contributed by atoms with Gasteiger partial charge in [0.25, 0.3) is 0 Å². The minimum atomic E-state index is -0.532. The van der Waals surface area contributed by atoms with Crippen LogP contribution in [0.15, 0.2) is 28.8 Å². The Labute approximate surface area is 152 Å². The summed E-state index contributed by atoms with van der Waals surface area (Å²) in [6, 6.07) is 7.49. The second-order valence-electron chi connectivity index (χ2n) is 7.14. The molecule has 1 aromatic heterocycles. The van der Waals surface area contributed by atoms with Crippen LogP contribution >= 0.6 is 0 Å². The molecule has 4 rings (SSSR count). The molecule has 0 saturated heterocycles. The second-order valence-corrected chi connectivity index (χ2v) is 7.14. The van der Waals surface area contributed by atoms with E-state index in [1.54, 1.807) is 0 Å². The third-order valence-corrected chi connectivity index (χ3v) is 4.91. The molecule has 0 unspecified atom stereocenters. The summed E-state index contributed by atoms with van der Waals surface area (Å²) in [6.07, 6.45) is 2.54. The molecule has 7 heteroatoms. The molecule has 0 spiro atoms. The number of benzene rings is 1. The number of fused-ring (bicyclic) bond motifs is 1. The first-order chi connectivity index (χ1) is 12.6. The summed E-state index contributed by atoms with van der Waals surface area (Å²) < 4.78 is 16.2. The summed E-state index contributed by atoms with van der Waals surface area (Å²) in [5.41, 5.74) is 1.03. The standard InChI is InChI=1S/C19H23N3O4/c1-22(2)9-3-8-20-18(23)19(6-7-19)17-11-15(26-21-17)13-4-5-14-16(10-13)25-12-24-14/h4-5,10-11H,3,6-9,12H2,1-2H3,(H,20,23). The lowest BCUT2D eigenvalue weighted by Crippen LogP contribution is -2.36. The summed E-state index contributed by atoms with van der Waals surface area (Å²) in [6.45, 7) is 1.86. The molecule has 1 aliphatic carbocycles. The Bertz CT molecular complexity index is 811. The van der Waals surface area contributed by atoms with Gasteiger partial charge in [-0.1, -0.05) is 5.16 Å². The summed E-state index contributed by atoms with van der Waals surface area (Å²) in [5, 5.41) is 7.22. The van der Waals surface area contributed by atoms with Crippen molar-refractivity contribution in [2.75, 3.05) is 34.0 Å². The quantitative estimate of drug-likeness (QED) is 0.766. The molecule has 0 radical (unpaired) electrons. The Morgan fingerprint density at radius 3 is 2.81 bits per heavy atom. The maximum Gasteiger partial charge on any atom is 0.232 e. The number of amides is 1. The van der Waals surface area contributed by atoms with Crippen LogP contribution in [0.3, 0.4) is 0 Å². The van der Waals surface area contributed by atoms with Gasteiger partial charge in [0, 0.05) is 18.2 Å². The fourth-order valence-corrected chi connectivity index (χ4v) is 3.18. The van der Waals surface area contributed by atoms with Gasteiger partial charge in [-0.3, -0.25) is 4.79 Å². The topological polar surface area (TPSA) is 76.8 Å². The van der Waals surface area contributed by atoms with Gasteiger partial charge in [-0.05, 0) is 58.1 Å². The number of rotatable bonds is 7. The lowest BCUT2D eigenvalue weighted by atomic mass is 10.00. The monoisotopic (exact) mass is 357 g/mol. The van der Waals surface area contributed by atoms with Crippen LogP contribution in [0.25, 0.3) is 11.3 Å². The molecular weight excluding hydrogens is 334 g/mol. The zero-order valence-corrected chi connectivity index (χ0v) is 15.1. The number of hydrogen-bond acceptors (Lipinski definition) is 6. The largest absolute Gasteiger partial charge is 0.454 e. The lowest BCUT2D eigenvalue weighted by molar-refractivity contribution is -0.123. The third kappa shape index (κ3) is 3.14. The van der Waals surface area contributed by atoms with E-state index in [2.05, 4.69) is 15.4 Å². The Hall–Kier alpha value is -2.54. The van der Waals surface area contributed by atoms with E-state index >= 15 is 0 Å². The van der Waals surface area contributed by atoms with Crippen LogP contribution in [-0.2, 0) is 10.2 Å². The van der Waals surface area contributed by atoms with Crippen molar-refractivity contribution in [3.63, 3.8) is 0 Å². The molecule has 1 fully saturated rings. The number of aromatic nitrogens is 1. The van der Waals surface area contributed by atoms with Crippen molar-refractivity contribution < 1.29 is 18.8 Å². The zero-order valence-electron chi connectivity index (χ0n) is 15.1. The van der Waals surface area contributed by atoms with Crippen LogP contribution in [0.4, 0.5) is 0 Å². The van der Waals surface area contributed by atoms with Crippen LogP contribution in [0.2, 0.25) is 0 Å². The third-order valence-electron chi connectivity index (χ3n) is 4.91. The van der Waals surface area contributed by atoms with E-state index in [1.807, 2.05) is 38.4 Å². The summed E-state index contributed by atoms with van der Waals surface area (Å²) >= 11 is 0. The molecule has 1 N–H and O–H groups in total. The number of carbonyl (C=O) groups excluding carboxylic acids is 1. The summed E-state index contributed by atoms with van der Waals surface area (Å²) in [5.74, 6) is 2.09. The van der Waals surface area contributed by atoms with Crippen molar-refractivity contribution in [3.05, 3.63) is 30.0 Å². The lowest BCUT2D eigenvalue weighted by Gasteiger charge is -2.13. The first kappa shape index (κ1) is 16.9. The second kappa shape index (κ2) is 6.64. The van der Waals surface area contributed by atoms with Crippen molar-refractivity contribution in [2.45, 2.75) is 24.7 Å². The Balaban J connectivity index is 1.45. The number of nitrogens with one attached hydrogen (secondary N) is 1. The average molecular weight is 357 g/mol. The predicted octanol–water partition coefficient (Wildman–Crippen LogP) is 2.17. The SMILES string of the molecule is CN(C)CCCNC(=O)C1(c2cc(-c3ccc4c(c3)OCO4)on2)CC1. The Kier molecular flexibility index (Phi) is 4.32. The van der Waals surface area contributed by atoms with E-state index < -0.39 is 5.41 Å². The van der Waals surface area contributed by atoms with Gasteiger partial charge in [0.15, 0.2) is 17.3 Å². The normalized spacial score (nSPS) is 16.7. The molecular formula is C19H23N3O4. The minimum Gasteiger partial charge on any atom is -0.454 e. The minimum absolute atomic E-state index is 0.0433. The maximum absolute atomic E-state index is 12.6. The molecule has 26 heavy (non-hydrogen) atoms. The summed E-state index contributed by atoms with van der Waals surface area (Å²) in [4.78, 5) is 14.7. The molecule has 1 saturated carbocycles. The van der Waals surface area contributed by atoms with Gasteiger partial charge in [-0.25, -0.2) is 0 Å². The van der Waals surface area contributed by atoms with E-state index in [9.17, 15) is 4.79 Å². The fraction of sp³-hybridized carbons (Fsp3) is 0.474. The number of ether oxygens (including phenoxy) is 2. The zero-order chi connectivity index (χ0) is 18.1. The predicted molar refractivity (Wildman–Crippen MR) is 95.2 cm³/mol. The highest BCUT2D eigenvalue weighted by atomic mass is 16.7. The van der Waals surface area contributed by atoms with Crippen molar-refractivity contribution in [2.24, 2.45) is 0 Å². The van der Waals surface area contributed by atoms with Crippen LogP contribution < -0.4 is 14.8 Å². The molecule has 2 aliphatic rings. The van der Waals surface area contributed by atoms with Crippen molar-refractivity contribution in [1.82, 2.24) is 15.4 Å². The van der Waals surface area contributed by atoms with E-state index in [0.29, 0.717) is 23.7 Å². The molecule has 0 atom stereocenters. The number of hydrogen-bond donors (Lipinski definition) is 1. The van der Waals surface area contributed by atoms with E-state index in [4.69, 9.17) is 14.0 Å².